The van der Waals surface area contributed by atoms with E-state index in [1.54, 1.807) is 25.1 Å². The van der Waals surface area contributed by atoms with Crippen molar-refractivity contribution in [1.29, 1.82) is 0 Å². The Labute approximate surface area is 134 Å². The summed E-state index contributed by atoms with van der Waals surface area (Å²) in [6, 6.07) is 12.4. The molecule has 0 aliphatic carbocycles. The normalized spacial score (nSPS) is 11.8. The second-order valence-electron chi connectivity index (χ2n) is 4.85. The second-order valence-corrected chi connectivity index (χ2v) is 5.69. The fourth-order valence-corrected chi connectivity index (χ4v) is 2.22. The van der Waals surface area contributed by atoms with Crippen molar-refractivity contribution >= 4 is 40.5 Å². The number of hydrogen-bond acceptors (Lipinski definition) is 2. The minimum absolute atomic E-state index is 0.180. The van der Waals surface area contributed by atoms with E-state index < -0.39 is 6.04 Å². The van der Waals surface area contributed by atoms with Crippen molar-refractivity contribution in [1.82, 2.24) is 0 Å². The fourth-order valence-electron chi connectivity index (χ4n) is 1.88. The van der Waals surface area contributed by atoms with Crippen molar-refractivity contribution in [3.8, 4) is 0 Å². The van der Waals surface area contributed by atoms with Gasteiger partial charge in [0.25, 0.3) is 0 Å². The summed E-state index contributed by atoms with van der Waals surface area (Å²) >= 11 is 11.9. The van der Waals surface area contributed by atoms with Gasteiger partial charge in [-0.15, -0.1) is 0 Å². The number of amides is 1. The molecule has 0 aliphatic heterocycles. The SMILES string of the molecule is Cc1cccc(N[C@@H](C)C(=O)Nc2cc(Cl)ccc2Cl)c1. The van der Waals surface area contributed by atoms with Crippen LogP contribution in [0.1, 0.15) is 12.5 Å². The van der Waals surface area contributed by atoms with Crippen molar-refractivity contribution in [2.75, 3.05) is 10.6 Å². The van der Waals surface area contributed by atoms with Gasteiger partial charge in [-0.25, -0.2) is 0 Å². The Morgan fingerprint density at radius 1 is 1.14 bits per heavy atom. The molecule has 2 aromatic rings. The Kier molecular flexibility index (Phi) is 5.10. The van der Waals surface area contributed by atoms with Gasteiger partial charge in [-0.05, 0) is 49.7 Å². The Hall–Kier alpha value is -1.71. The van der Waals surface area contributed by atoms with E-state index in [0.29, 0.717) is 15.7 Å². The van der Waals surface area contributed by atoms with Crippen molar-refractivity contribution in [2.24, 2.45) is 0 Å². The van der Waals surface area contributed by atoms with Gasteiger partial charge in [-0.2, -0.15) is 0 Å². The molecule has 2 N–H and O–H groups in total. The quantitative estimate of drug-likeness (QED) is 0.853. The average Bonchev–Trinajstić information content (AvgIpc) is 2.43. The van der Waals surface area contributed by atoms with Crippen molar-refractivity contribution in [3.05, 3.63) is 58.1 Å². The van der Waals surface area contributed by atoms with Crippen LogP contribution < -0.4 is 10.6 Å². The van der Waals surface area contributed by atoms with Crippen LogP contribution in [0.3, 0.4) is 0 Å². The predicted octanol–water partition coefficient (Wildman–Crippen LogP) is 4.74. The van der Waals surface area contributed by atoms with Crippen LogP contribution in [0, 0.1) is 6.92 Å². The lowest BCUT2D eigenvalue weighted by Crippen LogP contribution is -2.31. The molecule has 0 fully saturated rings. The van der Waals surface area contributed by atoms with Crippen molar-refractivity contribution < 1.29 is 4.79 Å². The van der Waals surface area contributed by atoms with Gasteiger partial charge in [-0.1, -0.05) is 35.3 Å². The number of halogens is 2. The molecule has 2 rings (SSSR count). The van der Waals surface area contributed by atoms with Crippen LogP contribution in [0.25, 0.3) is 0 Å². The van der Waals surface area contributed by atoms with Gasteiger partial charge in [-0.3, -0.25) is 4.79 Å². The standard InChI is InChI=1S/C16H16Cl2N2O/c1-10-4-3-5-13(8-10)19-11(2)16(21)20-15-9-12(17)6-7-14(15)18/h3-9,11,19H,1-2H3,(H,20,21)/t11-/m0/s1. The third-order valence-electron chi connectivity index (χ3n) is 2.98. The topological polar surface area (TPSA) is 41.1 Å². The minimum atomic E-state index is -0.401. The van der Waals surface area contributed by atoms with Gasteiger partial charge in [0.05, 0.1) is 10.7 Å². The molecule has 3 nitrogen and oxygen atoms in total. The van der Waals surface area contributed by atoms with E-state index in [-0.39, 0.29) is 5.91 Å². The zero-order valence-corrected chi connectivity index (χ0v) is 13.3. The largest absolute Gasteiger partial charge is 0.374 e. The van der Waals surface area contributed by atoms with Gasteiger partial charge in [0, 0.05) is 10.7 Å². The summed E-state index contributed by atoms with van der Waals surface area (Å²) in [6.45, 7) is 3.79. The molecule has 0 aliphatic rings. The summed E-state index contributed by atoms with van der Waals surface area (Å²) in [6.07, 6.45) is 0. The molecule has 5 heteroatoms. The second kappa shape index (κ2) is 6.83. The average molecular weight is 323 g/mol. The van der Waals surface area contributed by atoms with E-state index in [2.05, 4.69) is 10.6 Å². The fraction of sp³-hybridized carbons (Fsp3) is 0.188. The number of benzene rings is 2. The lowest BCUT2D eigenvalue weighted by Gasteiger charge is -2.16. The molecule has 0 radical (unpaired) electrons. The van der Waals surface area contributed by atoms with Crippen LogP contribution in [0.4, 0.5) is 11.4 Å². The molecule has 1 amide bonds. The van der Waals surface area contributed by atoms with Gasteiger partial charge < -0.3 is 10.6 Å². The maximum absolute atomic E-state index is 12.2. The maximum Gasteiger partial charge on any atom is 0.246 e. The Balaban J connectivity index is 2.04. The third-order valence-corrected chi connectivity index (χ3v) is 3.55. The number of hydrogen-bond donors (Lipinski definition) is 2. The third kappa shape index (κ3) is 4.38. The molecule has 0 bridgehead atoms. The maximum atomic E-state index is 12.2. The zero-order valence-electron chi connectivity index (χ0n) is 11.8. The van der Waals surface area contributed by atoms with Crippen LogP contribution in [0.15, 0.2) is 42.5 Å². The molecule has 110 valence electrons. The monoisotopic (exact) mass is 322 g/mol. The smallest absolute Gasteiger partial charge is 0.246 e. The molecule has 0 heterocycles. The molecule has 0 spiro atoms. The first-order valence-corrected chi connectivity index (χ1v) is 7.30. The Bertz CT molecular complexity index is 658. The van der Waals surface area contributed by atoms with Gasteiger partial charge in [0.2, 0.25) is 5.91 Å². The predicted molar refractivity (Wildman–Crippen MR) is 89.4 cm³/mol. The van der Waals surface area contributed by atoms with Crippen LogP contribution in [-0.4, -0.2) is 11.9 Å². The highest BCUT2D eigenvalue weighted by atomic mass is 35.5. The van der Waals surface area contributed by atoms with Gasteiger partial charge >= 0.3 is 0 Å². The molecule has 0 saturated heterocycles. The molecule has 0 unspecified atom stereocenters. The van der Waals surface area contributed by atoms with Gasteiger partial charge in [0.1, 0.15) is 6.04 Å². The first-order chi connectivity index (χ1) is 9.95. The molecule has 1 atom stereocenters. The van der Waals surface area contributed by atoms with Gasteiger partial charge in [0.15, 0.2) is 0 Å². The molecular formula is C16H16Cl2N2O. The molecule has 21 heavy (non-hydrogen) atoms. The highest BCUT2D eigenvalue weighted by Crippen LogP contribution is 2.25. The summed E-state index contributed by atoms with van der Waals surface area (Å²) in [4.78, 5) is 12.2. The van der Waals surface area contributed by atoms with E-state index in [4.69, 9.17) is 23.2 Å². The molecular weight excluding hydrogens is 307 g/mol. The van der Waals surface area contributed by atoms with E-state index in [1.807, 2.05) is 31.2 Å². The minimum Gasteiger partial charge on any atom is -0.374 e. The van der Waals surface area contributed by atoms with E-state index in [1.165, 1.54) is 0 Å². The van der Waals surface area contributed by atoms with Crippen LogP contribution in [-0.2, 0) is 4.79 Å². The van der Waals surface area contributed by atoms with Crippen LogP contribution in [0.2, 0.25) is 10.0 Å². The van der Waals surface area contributed by atoms with Crippen LogP contribution >= 0.6 is 23.2 Å². The number of carbonyl (C=O) groups excluding carboxylic acids is 1. The van der Waals surface area contributed by atoms with E-state index >= 15 is 0 Å². The Morgan fingerprint density at radius 2 is 1.90 bits per heavy atom. The number of nitrogens with one attached hydrogen (secondary N) is 2. The van der Waals surface area contributed by atoms with Crippen LogP contribution in [0.5, 0.6) is 0 Å². The lowest BCUT2D eigenvalue weighted by molar-refractivity contribution is -0.116. The zero-order chi connectivity index (χ0) is 15.4. The van der Waals surface area contributed by atoms with Crippen molar-refractivity contribution in [3.63, 3.8) is 0 Å². The molecule has 0 aromatic heterocycles. The summed E-state index contributed by atoms with van der Waals surface area (Å²) in [5.74, 6) is -0.180. The van der Waals surface area contributed by atoms with E-state index in [0.717, 1.165) is 11.3 Å². The molecule has 0 saturated carbocycles. The number of aryl methyl sites for hydroxylation is 1. The summed E-state index contributed by atoms with van der Waals surface area (Å²) in [7, 11) is 0. The lowest BCUT2D eigenvalue weighted by atomic mass is 10.2. The van der Waals surface area contributed by atoms with E-state index in [9.17, 15) is 4.79 Å². The number of carbonyl (C=O) groups is 1. The van der Waals surface area contributed by atoms with Crippen molar-refractivity contribution in [2.45, 2.75) is 19.9 Å². The first kappa shape index (κ1) is 15.7. The summed E-state index contributed by atoms with van der Waals surface area (Å²) in [5, 5.41) is 6.89. The number of rotatable bonds is 4. The number of anilines is 2. The first-order valence-electron chi connectivity index (χ1n) is 6.55. The molecule has 2 aromatic carbocycles. The summed E-state index contributed by atoms with van der Waals surface area (Å²) in [5.41, 5.74) is 2.53. The highest BCUT2D eigenvalue weighted by molar-refractivity contribution is 6.35. The summed E-state index contributed by atoms with van der Waals surface area (Å²) < 4.78 is 0. The Morgan fingerprint density at radius 3 is 2.62 bits per heavy atom. The highest BCUT2D eigenvalue weighted by Gasteiger charge is 2.14.